The lowest BCUT2D eigenvalue weighted by Gasteiger charge is -2.08. The molecule has 2 aromatic rings. The number of rotatable bonds is 4. The van der Waals surface area contributed by atoms with Gasteiger partial charge < -0.3 is 10.1 Å². The highest BCUT2D eigenvalue weighted by Crippen LogP contribution is 2.19. The standard InChI is InChI=1S/C13H13FN2O2S/c1-8-12(19-7-16-8)6-15-11-5-9(13(17)18-2)3-4-10(11)14/h3-5,7,15H,6H2,1-2H3. The Hall–Kier alpha value is -1.95. The van der Waals surface area contributed by atoms with Crippen LogP contribution in [0.15, 0.2) is 23.7 Å². The first-order chi connectivity index (χ1) is 9.11. The van der Waals surface area contributed by atoms with Gasteiger partial charge in [-0.15, -0.1) is 11.3 Å². The Bertz CT molecular complexity index is 598. The Morgan fingerprint density at radius 2 is 2.32 bits per heavy atom. The predicted octanol–water partition coefficient (Wildman–Crippen LogP) is 2.99. The molecule has 0 radical (unpaired) electrons. The van der Waals surface area contributed by atoms with Crippen LogP contribution in [-0.2, 0) is 11.3 Å². The molecule has 1 aromatic heterocycles. The normalized spacial score (nSPS) is 10.3. The van der Waals surface area contributed by atoms with Gasteiger partial charge in [-0.1, -0.05) is 0 Å². The molecule has 4 nitrogen and oxygen atoms in total. The molecule has 2 rings (SSSR count). The van der Waals surface area contributed by atoms with E-state index in [2.05, 4.69) is 15.0 Å². The van der Waals surface area contributed by atoms with Crippen LogP contribution >= 0.6 is 11.3 Å². The van der Waals surface area contributed by atoms with E-state index in [4.69, 9.17) is 0 Å². The van der Waals surface area contributed by atoms with Gasteiger partial charge >= 0.3 is 5.97 Å². The molecule has 0 atom stereocenters. The molecule has 0 saturated carbocycles. The van der Waals surface area contributed by atoms with Gasteiger partial charge in [0.2, 0.25) is 0 Å². The SMILES string of the molecule is COC(=O)c1ccc(F)c(NCc2scnc2C)c1. The lowest BCUT2D eigenvalue weighted by atomic mass is 10.2. The highest BCUT2D eigenvalue weighted by atomic mass is 32.1. The second kappa shape index (κ2) is 5.79. The Morgan fingerprint density at radius 3 is 2.95 bits per heavy atom. The smallest absolute Gasteiger partial charge is 0.337 e. The number of carbonyl (C=O) groups excluding carboxylic acids is 1. The van der Waals surface area contributed by atoms with Crippen molar-refractivity contribution < 1.29 is 13.9 Å². The summed E-state index contributed by atoms with van der Waals surface area (Å²) in [5.41, 5.74) is 3.25. The lowest BCUT2D eigenvalue weighted by molar-refractivity contribution is 0.0600. The van der Waals surface area contributed by atoms with Crippen LogP contribution in [-0.4, -0.2) is 18.1 Å². The fourth-order valence-electron chi connectivity index (χ4n) is 1.58. The van der Waals surface area contributed by atoms with Gasteiger partial charge in [0.15, 0.2) is 0 Å². The van der Waals surface area contributed by atoms with Crippen molar-refractivity contribution in [3.05, 3.63) is 45.7 Å². The number of nitrogens with one attached hydrogen (secondary N) is 1. The van der Waals surface area contributed by atoms with Crippen molar-refractivity contribution in [2.75, 3.05) is 12.4 Å². The quantitative estimate of drug-likeness (QED) is 0.875. The van der Waals surface area contributed by atoms with Gasteiger partial charge in [0.05, 0.1) is 36.1 Å². The molecule has 0 saturated heterocycles. The first kappa shape index (κ1) is 13.5. The third-order valence-corrected chi connectivity index (χ3v) is 3.61. The monoisotopic (exact) mass is 280 g/mol. The minimum atomic E-state index is -0.489. The average Bonchev–Trinajstić information content (AvgIpc) is 2.82. The Labute approximate surface area is 114 Å². The zero-order valence-electron chi connectivity index (χ0n) is 10.6. The Kier molecular flexibility index (Phi) is 4.11. The van der Waals surface area contributed by atoms with Crippen molar-refractivity contribution >= 4 is 23.0 Å². The van der Waals surface area contributed by atoms with Crippen LogP contribution in [0.25, 0.3) is 0 Å². The molecule has 100 valence electrons. The van der Waals surface area contributed by atoms with Gasteiger partial charge in [0.1, 0.15) is 5.82 Å². The van der Waals surface area contributed by atoms with Crippen molar-refractivity contribution in [3.8, 4) is 0 Å². The minimum Gasteiger partial charge on any atom is -0.465 e. The van der Waals surface area contributed by atoms with Crippen LogP contribution in [0, 0.1) is 12.7 Å². The Morgan fingerprint density at radius 1 is 1.53 bits per heavy atom. The van der Waals surface area contributed by atoms with Gasteiger partial charge in [-0.25, -0.2) is 14.2 Å². The molecular formula is C13H13FN2O2S. The number of anilines is 1. The molecule has 19 heavy (non-hydrogen) atoms. The summed E-state index contributed by atoms with van der Waals surface area (Å²) in [6.45, 7) is 2.37. The van der Waals surface area contributed by atoms with E-state index in [1.54, 1.807) is 5.51 Å². The number of esters is 1. The fourth-order valence-corrected chi connectivity index (χ4v) is 2.29. The molecule has 1 N–H and O–H groups in total. The van der Waals surface area contributed by atoms with E-state index in [9.17, 15) is 9.18 Å². The summed E-state index contributed by atoms with van der Waals surface area (Å²) in [4.78, 5) is 16.5. The Balaban J connectivity index is 2.15. The predicted molar refractivity (Wildman–Crippen MR) is 71.9 cm³/mol. The van der Waals surface area contributed by atoms with E-state index in [-0.39, 0.29) is 5.69 Å². The minimum absolute atomic E-state index is 0.274. The van der Waals surface area contributed by atoms with Crippen LogP contribution in [0.3, 0.4) is 0 Å². The zero-order chi connectivity index (χ0) is 13.8. The number of nitrogens with zero attached hydrogens (tertiary/aromatic N) is 1. The van der Waals surface area contributed by atoms with E-state index < -0.39 is 11.8 Å². The van der Waals surface area contributed by atoms with E-state index >= 15 is 0 Å². The summed E-state index contributed by atoms with van der Waals surface area (Å²) in [5, 5.41) is 2.96. The number of hydrogen-bond donors (Lipinski definition) is 1. The summed E-state index contributed by atoms with van der Waals surface area (Å²) >= 11 is 1.50. The first-order valence-corrected chi connectivity index (χ1v) is 6.50. The topological polar surface area (TPSA) is 51.2 Å². The number of aromatic nitrogens is 1. The van der Waals surface area contributed by atoms with Crippen molar-refractivity contribution in [3.63, 3.8) is 0 Å². The van der Waals surface area contributed by atoms with Crippen LogP contribution in [0.4, 0.5) is 10.1 Å². The van der Waals surface area contributed by atoms with Crippen molar-refractivity contribution in [1.29, 1.82) is 0 Å². The molecule has 0 amide bonds. The fraction of sp³-hybridized carbons (Fsp3) is 0.231. The maximum Gasteiger partial charge on any atom is 0.337 e. The summed E-state index contributed by atoms with van der Waals surface area (Å²) in [6.07, 6.45) is 0. The molecule has 1 heterocycles. The van der Waals surface area contributed by atoms with Crippen LogP contribution in [0.2, 0.25) is 0 Å². The molecular weight excluding hydrogens is 267 g/mol. The number of halogens is 1. The lowest BCUT2D eigenvalue weighted by Crippen LogP contribution is -2.05. The van der Waals surface area contributed by atoms with E-state index in [1.807, 2.05) is 6.92 Å². The molecule has 0 aliphatic rings. The second-order valence-corrected chi connectivity index (χ2v) is 4.84. The summed E-state index contributed by atoms with van der Waals surface area (Å²) < 4.78 is 18.2. The molecule has 0 fully saturated rings. The number of hydrogen-bond acceptors (Lipinski definition) is 5. The highest BCUT2D eigenvalue weighted by molar-refractivity contribution is 7.09. The van der Waals surface area contributed by atoms with E-state index in [1.165, 1.54) is 36.6 Å². The summed E-state index contributed by atoms with van der Waals surface area (Å²) in [7, 11) is 1.29. The number of carbonyl (C=O) groups is 1. The third kappa shape index (κ3) is 3.08. The number of benzene rings is 1. The third-order valence-electron chi connectivity index (χ3n) is 2.67. The number of aryl methyl sites for hydroxylation is 1. The first-order valence-electron chi connectivity index (χ1n) is 5.62. The molecule has 0 unspecified atom stereocenters. The number of thiazole rings is 1. The average molecular weight is 280 g/mol. The van der Waals surface area contributed by atoms with Gasteiger partial charge in [-0.3, -0.25) is 0 Å². The molecule has 0 bridgehead atoms. The number of methoxy groups -OCH3 is 1. The van der Waals surface area contributed by atoms with Gasteiger partial charge in [0.25, 0.3) is 0 Å². The van der Waals surface area contributed by atoms with E-state index in [0.717, 1.165) is 10.6 Å². The largest absolute Gasteiger partial charge is 0.465 e. The van der Waals surface area contributed by atoms with Crippen molar-refractivity contribution in [2.45, 2.75) is 13.5 Å². The van der Waals surface area contributed by atoms with Crippen molar-refractivity contribution in [1.82, 2.24) is 4.98 Å². The van der Waals surface area contributed by atoms with Gasteiger partial charge in [-0.05, 0) is 25.1 Å². The van der Waals surface area contributed by atoms with Crippen LogP contribution < -0.4 is 5.32 Å². The van der Waals surface area contributed by atoms with Gasteiger partial charge in [0, 0.05) is 4.88 Å². The van der Waals surface area contributed by atoms with E-state index in [0.29, 0.717) is 12.1 Å². The zero-order valence-corrected chi connectivity index (χ0v) is 11.4. The highest BCUT2D eigenvalue weighted by Gasteiger charge is 2.10. The van der Waals surface area contributed by atoms with Crippen molar-refractivity contribution in [2.24, 2.45) is 0 Å². The maximum absolute atomic E-state index is 13.6. The number of ether oxygens (including phenoxy) is 1. The maximum atomic E-state index is 13.6. The molecule has 0 aliphatic heterocycles. The second-order valence-electron chi connectivity index (χ2n) is 3.90. The van der Waals surface area contributed by atoms with Crippen LogP contribution in [0.5, 0.6) is 0 Å². The summed E-state index contributed by atoms with van der Waals surface area (Å²) in [5.74, 6) is -0.896. The molecule has 1 aromatic carbocycles. The molecule has 0 spiro atoms. The molecule has 6 heteroatoms. The molecule has 0 aliphatic carbocycles. The van der Waals surface area contributed by atoms with Crippen LogP contribution in [0.1, 0.15) is 20.9 Å². The van der Waals surface area contributed by atoms with Gasteiger partial charge in [-0.2, -0.15) is 0 Å². The summed E-state index contributed by atoms with van der Waals surface area (Å²) in [6, 6.07) is 4.08.